The summed E-state index contributed by atoms with van der Waals surface area (Å²) in [5.74, 6) is 0. The second kappa shape index (κ2) is 9.19. The Morgan fingerprint density at radius 1 is 1.19 bits per heavy atom. The number of likely N-dealkylation sites (N-methyl/N-ethyl adjacent to an activating group) is 1. The molecule has 1 atom stereocenters. The number of benzene rings is 1. The second-order valence-corrected chi connectivity index (χ2v) is 5.87. The number of piperidine rings is 1. The first-order chi connectivity index (χ1) is 10.3. The molecule has 1 aromatic rings. The molecular weight excluding hydrogens is 260 g/mol. The molecule has 2 rings (SSSR count). The van der Waals surface area contributed by atoms with E-state index in [1.807, 2.05) is 0 Å². The average Bonchev–Trinajstić information content (AvgIpc) is 2.50. The molecule has 1 aliphatic heterocycles. The minimum Gasteiger partial charge on any atom is -0.377 e. The van der Waals surface area contributed by atoms with Gasteiger partial charge >= 0.3 is 0 Å². The summed E-state index contributed by atoms with van der Waals surface area (Å²) < 4.78 is 5.78. The van der Waals surface area contributed by atoms with E-state index in [1.54, 1.807) is 0 Å². The standard InChI is InChI=1S/C18H30N2O/c1-3-19-12-11-16-7-9-17(10-8-16)14-20-13-5-6-18(15-20)21-4-2/h7-10,18-19H,3-6,11-15H2,1-2H3. The first-order valence-electron chi connectivity index (χ1n) is 8.44. The van der Waals surface area contributed by atoms with Crippen LogP contribution in [0.1, 0.15) is 37.8 Å². The molecular formula is C18H30N2O. The lowest BCUT2D eigenvalue weighted by Gasteiger charge is -2.32. The summed E-state index contributed by atoms with van der Waals surface area (Å²) in [5.41, 5.74) is 2.84. The van der Waals surface area contributed by atoms with Gasteiger partial charge in [-0.05, 0) is 56.9 Å². The molecule has 21 heavy (non-hydrogen) atoms. The van der Waals surface area contributed by atoms with Crippen molar-refractivity contribution in [1.29, 1.82) is 0 Å². The molecule has 0 amide bonds. The molecule has 0 spiro atoms. The van der Waals surface area contributed by atoms with Crippen LogP contribution in [-0.2, 0) is 17.7 Å². The van der Waals surface area contributed by atoms with E-state index >= 15 is 0 Å². The molecule has 0 radical (unpaired) electrons. The Morgan fingerprint density at radius 3 is 2.67 bits per heavy atom. The highest BCUT2D eigenvalue weighted by molar-refractivity contribution is 5.22. The van der Waals surface area contributed by atoms with Gasteiger partial charge in [-0.1, -0.05) is 31.2 Å². The van der Waals surface area contributed by atoms with Crippen molar-refractivity contribution in [2.24, 2.45) is 0 Å². The number of hydrogen-bond donors (Lipinski definition) is 1. The fourth-order valence-corrected chi connectivity index (χ4v) is 3.01. The predicted molar refractivity (Wildman–Crippen MR) is 88.6 cm³/mol. The van der Waals surface area contributed by atoms with Crippen molar-refractivity contribution < 1.29 is 4.74 Å². The zero-order chi connectivity index (χ0) is 14.9. The van der Waals surface area contributed by atoms with Crippen LogP contribution >= 0.6 is 0 Å². The largest absolute Gasteiger partial charge is 0.377 e. The molecule has 0 aliphatic carbocycles. The van der Waals surface area contributed by atoms with Crippen molar-refractivity contribution in [2.45, 2.75) is 45.8 Å². The lowest BCUT2D eigenvalue weighted by Crippen LogP contribution is -2.39. The lowest BCUT2D eigenvalue weighted by molar-refractivity contribution is 0.00363. The van der Waals surface area contributed by atoms with Crippen molar-refractivity contribution in [3.8, 4) is 0 Å². The van der Waals surface area contributed by atoms with Crippen LogP contribution in [0.5, 0.6) is 0 Å². The van der Waals surface area contributed by atoms with E-state index in [0.29, 0.717) is 6.10 Å². The van der Waals surface area contributed by atoms with Gasteiger partial charge in [0.15, 0.2) is 0 Å². The van der Waals surface area contributed by atoms with Crippen molar-refractivity contribution >= 4 is 0 Å². The molecule has 3 heteroatoms. The van der Waals surface area contributed by atoms with Crippen LogP contribution in [0, 0.1) is 0 Å². The number of rotatable bonds is 8. The summed E-state index contributed by atoms with van der Waals surface area (Å²) in [7, 11) is 0. The Morgan fingerprint density at radius 2 is 1.95 bits per heavy atom. The van der Waals surface area contributed by atoms with Gasteiger partial charge in [0.05, 0.1) is 6.10 Å². The smallest absolute Gasteiger partial charge is 0.0702 e. The van der Waals surface area contributed by atoms with E-state index in [1.165, 1.54) is 30.5 Å². The summed E-state index contributed by atoms with van der Waals surface area (Å²) in [4.78, 5) is 2.53. The highest BCUT2D eigenvalue weighted by Gasteiger charge is 2.19. The Bertz CT molecular complexity index is 389. The monoisotopic (exact) mass is 290 g/mol. The third kappa shape index (κ3) is 5.77. The van der Waals surface area contributed by atoms with Gasteiger partial charge < -0.3 is 10.1 Å². The Kier molecular flexibility index (Phi) is 7.20. The van der Waals surface area contributed by atoms with Gasteiger partial charge in [0.25, 0.3) is 0 Å². The molecule has 0 bridgehead atoms. The van der Waals surface area contributed by atoms with Crippen LogP contribution in [0.2, 0.25) is 0 Å². The van der Waals surface area contributed by atoms with Crippen LogP contribution in [-0.4, -0.2) is 43.8 Å². The molecule has 1 aromatic carbocycles. The minimum absolute atomic E-state index is 0.433. The third-order valence-electron chi connectivity index (χ3n) is 4.13. The number of nitrogens with zero attached hydrogens (tertiary/aromatic N) is 1. The average molecular weight is 290 g/mol. The van der Waals surface area contributed by atoms with E-state index in [-0.39, 0.29) is 0 Å². The molecule has 1 unspecified atom stereocenters. The molecule has 1 N–H and O–H groups in total. The summed E-state index contributed by atoms with van der Waals surface area (Å²) in [5, 5.41) is 3.37. The van der Waals surface area contributed by atoms with Crippen LogP contribution in [0.15, 0.2) is 24.3 Å². The molecule has 1 aliphatic rings. The summed E-state index contributed by atoms with van der Waals surface area (Å²) in [6.07, 6.45) is 4.02. The fourth-order valence-electron chi connectivity index (χ4n) is 3.01. The SMILES string of the molecule is CCNCCc1ccc(CN2CCCC(OCC)C2)cc1. The van der Waals surface area contributed by atoms with Crippen LogP contribution in [0.4, 0.5) is 0 Å². The fraction of sp³-hybridized carbons (Fsp3) is 0.667. The van der Waals surface area contributed by atoms with Crippen molar-refractivity contribution in [3.63, 3.8) is 0 Å². The van der Waals surface area contributed by atoms with Crippen LogP contribution in [0.25, 0.3) is 0 Å². The second-order valence-electron chi connectivity index (χ2n) is 5.87. The highest BCUT2D eigenvalue weighted by Crippen LogP contribution is 2.16. The van der Waals surface area contributed by atoms with Crippen molar-refractivity contribution in [1.82, 2.24) is 10.2 Å². The van der Waals surface area contributed by atoms with Gasteiger partial charge in [0.1, 0.15) is 0 Å². The number of hydrogen-bond acceptors (Lipinski definition) is 3. The Hall–Kier alpha value is -0.900. The maximum atomic E-state index is 5.78. The van der Waals surface area contributed by atoms with E-state index in [0.717, 1.165) is 39.2 Å². The van der Waals surface area contributed by atoms with Gasteiger partial charge in [0.2, 0.25) is 0 Å². The normalized spacial score (nSPS) is 19.8. The van der Waals surface area contributed by atoms with Crippen molar-refractivity contribution in [2.75, 3.05) is 32.8 Å². The maximum absolute atomic E-state index is 5.78. The molecule has 1 fully saturated rings. The van der Waals surface area contributed by atoms with Crippen LogP contribution < -0.4 is 5.32 Å². The Labute approximate surface area is 129 Å². The van der Waals surface area contributed by atoms with Gasteiger partial charge in [-0.2, -0.15) is 0 Å². The molecule has 3 nitrogen and oxygen atoms in total. The van der Waals surface area contributed by atoms with Gasteiger partial charge in [-0.3, -0.25) is 4.90 Å². The first kappa shape index (κ1) is 16.5. The summed E-state index contributed by atoms with van der Waals surface area (Å²) in [6, 6.07) is 9.12. The topological polar surface area (TPSA) is 24.5 Å². The van der Waals surface area contributed by atoms with Crippen molar-refractivity contribution in [3.05, 3.63) is 35.4 Å². The quantitative estimate of drug-likeness (QED) is 0.745. The van der Waals surface area contributed by atoms with E-state index < -0.39 is 0 Å². The summed E-state index contributed by atoms with van der Waals surface area (Å²) in [6.45, 7) is 10.5. The molecule has 118 valence electrons. The highest BCUT2D eigenvalue weighted by atomic mass is 16.5. The lowest BCUT2D eigenvalue weighted by atomic mass is 10.1. The number of likely N-dealkylation sites (tertiary alicyclic amines) is 1. The predicted octanol–water partition coefficient (Wildman–Crippen LogP) is 2.84. The zero-order valence-corrected chi connectivity index (χ0v) is 13.6. The minimum atomic E-state index is 0.433. The summed E-state index contributed by atoms with van der Waals surface area (Å²) >= 11 is 0. The van der Waals surface area contributed by atoms with E-state index in [9.17, 15) is 0 Å². The third-order valence-corrected chi connectivity index (χ3v) is 4.13. The molecule has 0 saturated carbocycles. The molecule has 1 saturated heterocycles. The first-order valence-corrected chi connectivity index (χ1v) is 8.44. The van der Waals surface area contributed by atoms with Gasteiger partial charge in [0, 0.05) is 19.7 Å². The molecule has 1 heterocycles. The number of nitrogens with one attached hydrogen (secondary N) is 1. The Balaban J connectivity index is 1.79. The molecule has 0 aromatic heterocycles. The maximum Gasteiger partial charge on any atom is 0.0702 e. The van der Waals surface area contributed by atoms with E-state index in [4.69, 9.17) is 4.74 Å². The van der Waals surface area contributed by atoms with Gasteiger partial charge in [-0.25, -0.2) is 0 Å². The number of ether oxygens (including phenoxy) is 1. The van der Waals surface area contributed by atoms with Gasteiger partial charge in [-0.15, -0.1) is 0 Å². The van der Waals surface area contributed by atoms with E-state index in [2.05, 4.69) is 48.3 Å². The van der Waals surface area contributed by atoms with Crippen LogP contribution in [0.3, 0.4) is 0 Å². The zero-order valence-electron chi connectivity index (χ0n) is 13.6.